The molecule has 68 valence electrons. The van der Waals surface area contributed by atoms with E-state index in [2.05, 4.69) is 41.2 Å². The molecule has 0 heterocycles. The first-order valence-electron chi connectivity index (χ1n) is 3.81. The lowest BCUT2D eigenvalue weighted by Crippen LogP contribution is -2.64. The highest BCUT2D eigenvalue weighted by atomic mass is 28.2. The Balaban J connectivity index is 3.69. The van der Waals surface area contributed by atoms with Crippen molar-refractivity contribution in [2.75, 3.05) is 28.2 Å². The quantitative estimate of drug-likeness (QED) is 0.343. The van der Waals surface area contributed by atoms with Crippen LogP contribution in [0.5, 0.6) is 0 Å². The molecule has 0 aromatic heterocycles. The Morgan fingerprint density at radius 3 is 1.91 bits per heavy atom. The second-order valence-corrected chi connectivity index (χ2v) is 4.97. The highest BCUT2D eigenvalue weighted by Crippen LogP contribution is 1.87. The molecule has 0 aromatic carbocycles. The maximum absolute atomic E-state index is 3.44. The van der Waals surface area contributed by atoms with Crippen LogP contribution in [0.25, 0.3) is 0 Å². The first kappa shape index (κ1) is 11.1. The Morgan fingerprint density at radius 1 is 1.18 bits per heavy atom. The fraction of sp³-hybridized carbons (Fsp3) is 1.00. The van der Waals surface area contributed by atoms with Crippen LogP contribution in [0.1, 0.15) is 6.92 Å². The van der Waals surface area contributed by atoms with Crippen molar-refractivity contribution in [1.82, 2.24) is 20.2 Å². The van der Waals surface area contributed by atoms with Gasteiger partial charge in [-0.15, -0.1) is 0 Å². The van der Waals surface area contributed by atoms with E-state index in [4.69, 9.17) is 0 Å². The monoisotopic (exact) mass is 176 g/mol. The van der Waals surface area contributed by atoms with E-state index >= 15 is 0 Å². The summed E-state index contributed by atoms with van der Waals surface area (Å²) in [5.74, 6) is -0.115. The van der Waals surface area contributed by atoms with Gasteiger partial charge in [-0.1, -0.05) is 0 Å². The summed E-state index contributed by atoms with van der Waals surface area (Å²) >= 11 is 0. The molecule has 5 heteroatoms. The van der Waals surface area contributed by atoms with Crippen molar-refractivity contribution >= 4 is 9.84 Å². The van der Waals surface area contributed by atoms with Crippen LogP contribution in [0.2, 0.25) is 0 Å². The minimum Gasteiger partial charge on any atom is -0.322 e. The minimum absolute atomic E-state index is 0.115. The molecule has 4 nitrogen and oxygen atoms in total. The molecule has 3 N–H and O–H groups in total. The molecular weight excluding hydrogens is 156 g/mol. The fourth-order valence-electron chi connectivity index (χ4n) is 0.618. The Morgan fingerprint density at radius 2 is 1.64 bits per heavy atom. The summed E-state index contributed by atoms with van der Waals surface area (Å²) in [6, 6.07) is 0. The summed E-state index contributed by atoms with van der Waals surface area (Å²) in [6.45, 7) is 2.09. The summed E-state index contributed by atoms with van der Waals surface area (Å²) in [5.41, 5.74) is 0. The average molecular weight is 176 g/mol. The summed E-state index contributed by atoms with van der Waals surface area (Å²) in [4.78, 5) is 3.44. The van der Waals surface area contributed by atoms with Crippen molar-refractivity contribution < 1.29 is 0 Å². The predicted octanol–water partition coefficient (Wildman–Crippen LogP) is -1.75. The van der Waals surface area contributed by atoms with Crippen molar-refractivity contribution in [2.24, 2.45) is 0 Å². The SMILES string of the molecule is CNC(C)(NC)N[SiH2]N(C)C. The molecule has 0 aliphatic carbocycles. The van der Waals surface area contributed by atoms with Crippen LogP contribution in [0.4, 0.5) is 0 Å². The summed E-state index contributed by atoms with van der Waals surface area (Å²) in [6.07, 6.45) is 0. The van der Waals surface area contributed by atoms with E-state index in [9.17, 15) is 0 Å². The second kappa shape index (κ2) is 4.84. The number of hydrogen-bond acceptors (Lipinski definition) is 4. The average Bonchev–Trinajstić information content (AvgIpc) is 2.00. The molecule has 0 radical (unpaired) electrons. The topological polar surface area (TPSA) is 39.3 Å². The number of hydrogen-bond donors (Lipinski definition) is 3. The van der Waals surface area contributed by atoms with Crippen LogP contribution in [0.3, 0.4) is 0 Å². The molecular formula is C6H20N4Si. The van der Waals surface area contributed by atoms with Gasteiger partial charge in [0.05, 0.1) is 0 Å². The van der Waals surface area contributed by atoms with E-state index in [1.807, 2.05) is 14.1 Å². The largest absolute Gasteiger partial charge is 0.322 e. The van der Waals surface area contributed by atoms with Crippen molar-refractivity contribution in [3.8, 4) is 0 Å². The van der Waals surface area contributed by atoms with Crippen molar-refractivity contribution in [1.29, 1.82) is 0 Å². The van der Waals surface area contributed by atoms with Gasteiger partial charge in [0.1, 0.15) is 5.79 Å². The lowest BCUT2D eigenvalue weighted by Gasteiger charge is -2.31. The third-order valence-corrected chi connectivity index (χ3v) is 3.25. The van der Waals surface area contributed by atoms with Gasteiger partial charge in [0.15, 0.2) is 9.84 Å². The molecule has 0 aromatic rings. The van der Waals surface area contributed by atoms with Crippen LogP contribution < -0.4 is 15.6 Å². The lowest BCUT2D eigenvalue weighted by atomic mass is 10.4. The van der Waals surface area contributed by atoms with Crippen molar-refractivity contribution in [3.05, 3.63) is 0 Å². The Kier molecular flexibility index (Phi) is 4.86. The first-order chi connectivity index (χ1) is 5.04. The Bertz CT molecular complexity index is 103. The molecule has 0 aliphatic heterocycles. The molecule has 11 heavy (non-hydrogen) atoms. The molecule has 0 atom stereocenters. The summed E-state index contributed by atoms with van der Waals surface area (Å²) in [7, 11) is 7.73. The Hall–Kier alpha value is 0.0569. The van der Waals surface area contributed by atoms with Gasteiger partial charge in [-0.2, -0.15) is 0 Å². The van der Waals surface area contributed by atoms with E-state index in [1.54, 1.807) is 0 Å². The van der Waals surface area contributed by atoms with Gasteiger partial charge in [-0.25, -0.2) is 0 Å². The molecule has 0 amide bonds. The van der Waals surface area contributed by atoms with Crippen LogP contribution >= 0.6 is 0 Å². The van der Waals surface area contributed by atoms with Gasteiger partial charge < -0.3 is 9.55 Å². The predicted molar refractivity (Wildman–Crippen MR) is 51.9 cm³/mol. The molecule has 0 bridgehead atoms. The maximum atomic E-state index is 3.44. The van der Waals surface area contributed by atoms with Gasteiger partial charge in [-0.05, 0) is 35.1 Å². The zero-order valence-electron chi connectivity index (χ0n) is 8.15. The zero-order valence-corrected chi connectivity index (χ0v) is 9.57. The standard InChI is InChI=1S/C6H20N4Si/c1-6(7-2,8-3)9-11-10(4)5/h7-9H,11H2,1-5H3. The first-order valence-corrected chi connectivity index (χ1v) is 5.15. The van der Waals surface area contributed by atoms with Crippen LogP contribution in [-0.2, 0) is 0 Å². The zero-order chi connectivity index (χ0) is 8.91. The number of nitrogens with one attached hydrogen (secondary N) is 3. The third kappa shape index (κ3) is 4.49. The molecule has 0 unspecified atom stereocenters. The van der Waals surface area contributed by atoms with Gasteiger partial charge in [0.2, 0.25) is 0 Å². The van der Waals surface area contributed by atoms with Gasteiger partial charge >= 0.3 is 0 Å². The highest BCUT2D eigenvalue weighted by Gasteiger charge is 2.16. The number of nitrogens with zero attached hydrogens (tertiary/aromatic N) is 1. The number of rotatable bonds is 5. The third-order valence-electron chi connectivity index (χ3n) is 1.75. The smallest absolute Gasteiger partial charge is 0.172 e. The molecule has 0 saturated heterocycles. The highest BCUT2D eigenvalue weighted by molar-refractivity contribution is 6.28. The van der Waals surface area contributed by atoms with E-state index in [0.29, 0.717) is 0 Å². The van der Waals surface area contributed by atoms with Crippen molar-refractivity contribution in [3.63, 3.8) is 0 Å². The summed E-state index contributed by atoms with van der Waals surface area (Å²) < 4.78 is 2.22. The van der Waals surface area contributed by atoms with Gasteiger partial charge in [0, 0.05) is 0 Å². The minimum atomic E-state index is -0.322. The van der Waals surface area contributed by atoms with E-state index in [-0.39, 0.29) is 15.6 Å². The molecule has 0 aliphatic rings. The van der Waals surface area contributed by atoms with E-state index in [1.165, 1.54) is 0 Å². The lowest BCUT2D eigenvalue weighted by molar-refractivity contribution is 0.301. The fourth-order valence-corrected chi connectivity index (χ4v) is 1.60. The molecule has 0 spiro atoms. The summed E-state index contributed by atoms with van der Waals surface area (Å²) in [5, 5.41) is 6.34. The van der Waals surface area contributed by atoms with E-state index < -0.39 is 0 Å². The normalized spacial score (nSPS) is 13.6. The van der Waals surface area contributed by atoms with Crippen LogP contribution in [0, 0.1) is 0 Å². The van der Waals surface area contributed by atoms with E-state index in [0.717, 1.165) is 0 Å². The maximum Gasteiger partial charge on any atom is 0.172 e. The second-order valence-electron chi connectivity index (χ2n) is 3.04. The van der Waals surface area contributed by atoms with Crippen LogP contribution in [0.15, 0.2) is 0 Å². The molecule has 0 rings (SSSR count). The Labute approximate surface area is 71.7 Å². The van der Waals surface area contributed by atoms with Crippen molar-refractivity contribution in [2.45, 2.75) is 12.7 Å². The molecule has 0 fully saturated rings. The van der Waals surface area contributed by atoms with Gasteiger partial charge in [-0.3, -0.25) is 10.6 Å². The van der Waals surface area contributed by atoms with Gasteiger partial charge in [0.25, 0.3) is 0 Å². The molecule has 0 saturated carbocycles. The van der Waals surface area contributed by atoms with Crippen LogP contribution in [-0.4, -0.2) is 48.4 Å².